The van der Waals surface area contributed by atoms with Crippen molar-refractivity contribution < 1.29 is 9.90 Å². The highest BCUT2D eigenvalue weighted by molar-refractivity contribution is 7.16. The Hall–Kier alpha value is -0.140. The molecule has 0 aliphatic rings. The molecule has 0 spiro atoms. The molecule has 68 valence electrons. The molecular weight excluding hydrogens is 161 g/mol. The topological polar surface area (TPSA) is 63.3 Å². The smallest absolute Gasteiger partial charge is 0.320 e. The third-order valence-corrected chi connectivity index (χ3v) is 1.36. The molecule has 0 fully saturated rings. The van der Waals surface area contributed by atoms with Crippen molar-refractivity contribution in [2.45, 2.75) is 32.7 Å². The number of rotatable bonds is 3. The number of carboxylic acids is 1. The Bertz CT molecular complexity index is 94.4. The maximum Gasteiger partial charge on any atom is 0.320 e. The van der Waals surface area contributed by atoms with Crippen LogP contribution in [0.1, 0.15) is 26.7 Å². The second-order valence-corrected chi connectivity index (χ2v) is 2.85. The molecule has 3 nitrogen and oxygen atoms in total. The van der Waals surface area contributed by atoms with Crippen LogP contribution in [0.3, 0.4) is 0 Å². The highest BCUT2D eigenvalue weighted by Gasteiger charge is 1.99. The van der Waals surface area contributed by atoms with Crippen LogP contribution in [0.2, 0.25) is 0 Å². The molecule has 0 saturated heterocycles. The average Bonchev–Trinajstić information content (AvgIpc) is 1.90. The van der Waals surface area contributed by atoms with Gasteiger partial charge in [0.25, 0.3) is 0 Å². The molecule has 0 aliphatic carbocycles. The molecule has 0 bridgehead atoms. The molecule has 2 atom stereocenters. The van der Waals surface area contributed by atoms with Crippen LogP contribution in [0, 0.1) is 0 Å². The van der Waals surface area contributed by atoms with Gasteiger partial charge in [0.2, 0.25) is 0 Å². The number of aliphatic carboxylic acids is 1. The van der Waals surface area contributed by atoms with Gasteiger partial charge in [-0.3, -0.25) is 4.79 Å². The molecule has 4 heteroatoms. The maximum atomic E-state index is 9.57. The fourth-order valence-corrected chi connectivity index (χ4v) is 0.612. The van der Waals surface area contributed by atoms with Gasteiger partial charge in [-0.25, -0.2) is 0 Å². The number of carboxylic acid groups (broad SMARTS) is 1. The van der Waals surface area contributed by atoms with E-state index in [1.165, 1.54) is 25.9 Å². The van der Waals surface area contributed by atoms with Crippen LogP contribution in [0.4, 0.5) is 0 Å². The summed E-state index contributed by atoms with van der Waals surface area (Å²) in [6, 6.07) is -0.731. The number of unbranched alkanes of at least 4 members (excludes halogenated alkanes) is 1. The van der Waals surface area contributed by atoms with Crippen LogP contribution in [0.15, 0.2) is 0 Å². The Balaban J connectivity index is 0. The van der Waals surface area contributed by atoms with Crippen molar-refractivity contribution in [1.29, 1.82) is 0 Å². The molecule has 0 aliphatic heterocycles. The van der Waals surface area contributed by atoms with E-state index >= 15 is 0 Å². The first-order valence-corrected chi connectivity index (χ1v) is 4.56. The van der Waals surface area contributed by atoms with E-state index < -0.39 is 12.0 Å². The largest absolute Gasteiger partial charge is 0.480 e. The summed E-state index contributed by atoms with van der Waals surface area (Å²) >= 11 is 0. The number of hydrogen-bond donors (Lipinski definition) is 2. The van der Waals surface area contributed by atoms with Gasteiger partial charge >= 0.3 is 5.97 Å². The highest BCUT2D eigenvalue weighted by atomic mass is 31.0. The predicted molar refractivity (Wildman–Crippen MR) is 50.8 cm³/mol. The number of hydrogen-bond acceptors (Lipinski definition) is 2. The monoisotopic (exact) mass is 179 g/mol. The van der Waals surface area contributed by atoms with Crippen molar-refractivity contribution in [2.24, 2.45) is 5.73 Å². The van der Waals surface area contributed by atoms with E-state index in [-0.39, 0.29) is 0 Å². The Morgan fingerprint density at radius 3 is 2.09 bits per heavy atom. The second-order valence-electron chi connectivity index (χ2n) is 2.27. The highest BCUT2D eigenvalue weighted by Crippen LogP contribution is 1.89. The quantitative estimate of drug-likeness (QED) is 0.637. The van der Waals surface area contributed by atoms with Crippen molar-refractivity contribution in [3.8, 4) is 0 Å². The maximum absolute atomic E-state index is 9.57. The van der Waals surface area contributed by atoms with Crippen LogP contribution < -0.4 is 5.73 Å². The summed E-state index contributed by atoms with van der Waals surface area (Å²) in [6.45, 7) is 3.62. The first-order chi connectivity index (χ1) is 5.06. The molecule has 3 N–H and O–H groups in total. The minimum atomic E-state index is -0.963. The van der Waals surface area contributed by atoms with E-state index in [4.69, 9.17) is 10.8 Å². The third kappa shape index (κ3) is 17.7. The van der Waals surface area contributed by atoms with E-state index in [0.29, 0.717) is 0 Å². The van der Waals surface area contributed by atoms with Gasteiger partial charge in [-0.2, -0.15) is 0 Å². The lowest BCUT2D eigenvalue weighted by Gasteiger charge is -1.90. The molecule has 0 amide bonds. The first kappa shape index (κ1) is 13.4. The van der Waals surface area contributed by atoms with Crippen LogP contribution >= 0.6 is 9.24 Å². The molecule has 0 radical (unpaired) electrons. The van der Waals surface area contributed by atoms with Gasteiger partial charge in [0.1, 0.15) is 6.04 Å². The van der Waals surface area contributed by atoms with E-state index in [1.807, 2.05) is 0 Å². The predicted octanol–water partition coefficient (Wildman–Crippen LogP) is 1.08. The summed E-state index contributed by atoms with van der Waals surface area (Å²) in [4.78, 5) is 9.57. The summed E-state index contributed by atoms with van der Waals surface area (Å²) in [5.74, 6) is -0.963. The minimum absolute atomic E-state index is 0.731. The Labute approximate surface area is 70.6 Å². The van der Waals surface area contributed by atoms with Gasteiger partial charge in [0, 0.05) is 0 Å². The van der Waals surface area contributed by atoms with Crippen molar-refractivity contribution in [3.63, 3.8) is 0 Å². The zero-order valence-electron chi connectivity index (χ0n) is 7.21. The zero-order valence-corrected chi connectivity index (χ0v) is 8.36. The van der Waals surface area contributed by atoms with Crippen LogP contribution in [0.25, 0.3) is 0 Å². The summed E-state index contributed by atoms with van der Waals surface area (Å²) in [7, 11) is 2.70. The third-order valence-electron chi connectivity index (χ3n) is 0.947. The molecule has 2 unspecified atom stereocenters. The Morgan fingerprint density at radius 1 is 1.73 bits per heavy atom. The summed E-state index contributed by atoms with van der Waals surface area (Å²) in [5.41, 5.74) is 4.84. The lowest BCUT2D eigenvalue weighted by molar-refractivity contribution is -0.138. The van der Waals surface area contributed by atoms with Gasteiger partial charge in [0.05, 0.1) is 0 Å². The van der Waals surface area contributed by atoms with Gasteiger partial charge < -0.3 is 10.8 Å². The Morgan fingerprint density at radius 2 is 2.09 bits per heavy atom. The fraction of sp³-hybridized carbons (Fsp3) is 0.857. The minimum Gasteiger partial charge on any atom is -0.480 e. The number of carbonyl (C=O) groups is 1. The second kappa shape index (κ2) is 9.86. The summed E-state index contributed by atoms with van der Waals surface area (Å²) in [6.07, 6.45) is 3.94. The SMILES string of the molecule is CC(N)C(=O)O.CCCCP. The molecule has 0 aromatic heterocycles. The normalized spacial score (nSPS) is 11.3. The molecule has 0 saturated carbocycles. The lowest BCUT2D eigenvalue weighted by atomic mass is 10.4. The van der Waals surface area contributed by atoms with E-state index in [0.717, 1.165) is 0 Å². The molecule has 0 aromatic rings. The molecule has 11 heavy (non-hydrogen) atoms. The van der Waals surface area contributed by atoms with Crippen LogP contribution in [-0.2, 0) is 4.79 Å². The van der Waals surface area contributed by atoms with Crippen LogP contribution in [0.5, 0.6) is 0 Å². The van der Waals surface area contributed by atoms with E-state index in [2.05, 4.69) is 16.2 Å². The standard InChI is InChI=1S/C4H11P.C3H7NO2/c1-2-3-4-5;1-2(4)3(5)6/h2-5H2,1H3;2H,4H2,1H3,(H,5,6). The molecule has 0 aromatic carbocycles. The molecule has 0 heterocycles. The summed E-state index contributed by atoms with van der Waals surface area (Å²) < 4.78 is 0. The van der Waals surface area contributed by atoms with E-state index in [9.17, 15) is 4.79 Å². The van der Waals surface area contributed by atoms with Gasteiger partial charge in [-0.05, 0) is 13.1 Å². The van der Waals surface area contributed by atoms with Crippen molar-refractivity contribution >= 4 is 15.2 Å². The van der Waals surface area contributed by atoms with Gasteiger partial charge in [-0.1, -0.05) is 19.8 Å². The van der Waals surface area contributed by atoms with Gasteiger partial charge in [-0.15, -0.1) is 9.24 Å². The average molecular weight is 179 g/mol. The van der Waals surface area contributed by atoms with Crippen molar-refractivity contribution in [3.05, 3.63) is 0 Å². The lowest BCUT2D eigenvalue weighted by Crippen LogP contribution is -2.25. The molecule has 0 rings (SSSR count). The van der Waals surface area contributed by atoms with Gasteiger partial charge in [0.15, 0.2) is 0 Å². The van der Waals surface area contributed by atoms with Crippen LogP contribution in [-0.4, -0.2) is 23.3 Å². The van der Waals surface area contributed by atoms with E-state index in [1.54, 1.807) is 0 Å². The van der Waals surface area contributed by atoms with Crippen molar-refractivity contribution in [2.75, 3.05) is 6.16 Å². The fourth-order valence-electron chi connectivity index (χ4n) is 0.204. The zero-order chi connectivity index (χ0) is 9.28. The van der Waals surface area contributed by atoms with Crippen molar-refractivity contribution in [1.82, 2.24) is 0 Å². The first-order valence-electron chi connectivity index (χ1n) is 3.74. The number of nitrogens with two attached hydrogens (primary N) is 1. The summed E-state index contributed by atoms with van der Waals surface area (Å²) in [5, 5.41) is 7.87. The Kier molecular flexibility index (Phi) is 12.1. The molecular formula is C7H18NO2P.